The highest BCUT2D eigenvalue weighted by atomic mass is 15.1. The van der Waals surface area contributed by atoms with Crippen molar-refractivity contribution in [2.75, 3.05) is 4.90 Å². The summed E-state index contributed by atoms with van der Waals surface area (Å²) in [6.07, 6.45) is 3.47. The van der Waals surface area contributed by atoms with Crippen molar-refractivity contribution in [2.45, 2.75) is 25.3 Å². The largest absolute Gasteiger partial charge is 0.678 e. The van der Waals surface area contributed by atoms with Crippen molar-refractivity contribution in [3.8, 4) is 55.6 Å². The molecule has 11 aromatic rings. The Morgan fingerprint density at radius 3 is 1.21 bits per heavy atom. The van der Waals surface area contributed by atoms with E-state index in [1.165, 1.54) is 72.0 Å². The Kier molecular flexibility index (Phi) is 12.6. The van der Waals surface area contributed by atoms with Crippen molar-refractivity contribution < 1.29 is 0 Å². The van der Waals surface area contributed by atoms with Gasteiger partial charge in [0.15, 0.2) is 0 Å². The first kappa shape index (κ1) is 45.2. The minimum absolute atomic E-state index is 0.0504. The molecule has 3 atom stereocenters. The zero-order valence-corrected chi connectivity index (χ0v) is 41.0. The van der Waals surface area contributed by atoms with E-state index in [1.807, 2.05) is 0 Å². The molecule has 0 saturated heterocycles. The summed E-state index contributed by atoms with van der Waals surface area (Å²) in [7, 11) is 0. The highest BCUT2D eigenvalue weighted by Crippen LogP contribution is 2.52. The van der Waals surface area contributed by atoms with Gasteiger partial charge in [0.2, 0.25) is 0 Å². The third kappa shape index (κ3) is 9.40. The Bertz CT molecular complexity index is 3520. The van der Waals surface area contributed by atoms with Gasteiger partial charge < -0.3 is 10.2 Å². The molecule has 12 rings (SSSR count). The first-order valence-electron chi connectivity index (χ1n) is 25.6. The summed E-state index contributed by atoms with van der Waals surface area (Å²) in [6.45, 7) is 2.32. The normalized spacial score (nSPS) is 15.3. The average molecular weight is 936 g/mol. The number of rotatable bonds is 12. The number of fused-ring (bicyclic) bond motifs is 1. The van der Waals surface area contributed by atoms with Gasteiger partial charge in [-0.25, -0.2) is 0 Å². The maximum Gasteiger partial charge on any atom is 0.0462 e. The van der Waals surface area contributed by atoms with Crippen LogP contribution in [-0.2, 0) is 0 Å². The van der Waals surface area contributed by atoms with Gasteiger partial charge in [-0.3, -0.25) is 0 Å². The fourth-order valence-electron chi connectivity index (χ4n) is 11.0. The van der Waals surface area contributed by atoms with E-state index in [2.05, 4.69) is 297 Å². The minimum Gasteiger partial charge on any atom is -0.678 e. The molecule has 0 spiro atoms. The minimum atomic E-state index is 0.0504. The van der Waals surface area contributed by atoms with Gasteiger partial charge in [-0.15, -0.1) is 5.70 Å². The molecule has 1 aliphatic rings. The van der Waals surface area contributed by atoms with Crippen molar-refractivity contribution in [1.29, 1.82) is 0 Å². The van der Waals surface area contributed by atoms with Crippen molar-refractivity contribution >= 4 is 33.5 Å². The van der Waals surface area contributed by atoms with E-state index in [0.717, 1.165) is 40.3 Å². The molecule has 3 unspecified atom stereocenters. The van der Waals surface area contributed by atoms with Crippen LogP contribution in [-0.4, -0.2) is 0 Å². The first-order chi connectivity index (χ1) is 36.1. The Hall–Kier alpha value is -8.98. The zero-order chi connectivity index (χ0) is 48.9. The van der Waals surface area contributed by atoms with Gasteiger partial charge in [-0.2, -0.15) is 0 Å². The van der Waals surface area contributed by atoms with Gasteiger partial charge in [-0.05, 0) is 132 Å². The molecule has 0 radical (unpaired) electrons. The molecule has 1 aliphatic heterocycles. The van der Waals surface area contributed by atoms with E-state index in [0.29, 0.717) is 5.92 Å². The van der Waals surface area contributed by atoms with Crippen LogP contribution in [0.5, 0.6) is 0 Å². The van der Waals surface area contributed by atoms with E-state index in [-0.39, 0.29) is 12.0 Å². The second-order valence-corrected chi connectivity index (χ2v) is 19.1. The summed E-state index contributed by atoms with van der Waals surface area (Å²) in [5.41, 5.74) is 20.0. The summed E-state index contributed by atoms with van der Waals surface area (Å²) in [4.78, 5) is 2.36. The molecule has 11 aromatic carbocycles. The Morgan fingerprint density at radius 2 is 0.712 bits per heavy atom. The smallest absolute Gasteiger partial charge is 0.0462 e. The quantitative estimate of drug-likeness (QED) is 0.119. The van der Waals surface area contributed by atoms with Crippen LogP contribution in [0.3, 0.4) is 0 Å². The number of hydrogen-bond donors (Lipinski definition) is 0. The summed E-state index contributed by atoms with van der Waals surface area (Å²) < 4.78 is 0. The van der Waals surface area contributed by atoms with Crippen LogP contribution in [0.1, 0.15) is 42.0 Å². The molecule has 0 N–H and O–H groups in total. The van der Waals surface area contributed by atoms with Crippen LogP contribution in [0, 0.1) is 5.92 Å². The molecule has 0 amide bonds. The number of hydrogen-bond acceptors (Lipinski definition) is 1. The van der Waals surface area contributed by atoms with Gasteiger partial charge in [0.25, 0.3) is 0 Å². The molecule has 350 valence electrons. The number of anilines is 3. The zero-order valence-electron chi connectivity index (χ0n) is 41.0. The number of nitrogens with zero attached hydrogens (tertiary/aromatic N) is 2. The molecule has 0 bridgehead atoms. The standard InChI is InChI=1S/C71H55N2/c1-2-66-69(68-30-16-24-56-21-12-13-29-67(56)68)49-70(72-71(66)58-22-10-5-11-23-58)57-33-31-52(32-34-57)53-35-41-63(42-36-53)73(64-43-37-54(38-44-64)61-27-14-25-59(47-61)50-17-6-3-7-18-50)65-45-39-55(40-46-65)62-28-15-26-60(48-62)51-19-8-4-9-20-51/h3-49,66,69,71H,2H2,1H3/q-1. The topological polar surface area (TPSA) is 17.3 Å². The lowest BCUT2D eigenvalue weighted by Crippen LogP contribution is -2.23. The van der Waals surface area contributed by atoms with Crippen molar-refractivity contribution in [2.24, 2.45) is 5.92 Å². The molecular weight excluding hydrogens is 881 g/mol. The van der Waals surface area contributed by atoms with E-state index in [4.69, 9.17) is 5.32 Å². The maximum atomic E-state index is 5.55. The van der Waals surface area contributed by atoms with Crippen LogP contribution in [0.4, 0.5) is 17.1 Å². The van der Waals surface area contributed by atoms with Crippen LogP contribution in [0.15, 0.2) is 285 Å². The Balaban J connectivity index is 0.862. The van der Waals surface area contributed by atoms with Gasteiger partial charge in [0.1, 0.15) is 0 Å². The molecule has 0 saturated carbocycles. The molecule has 2 nitrogen and oxygen atoms in total. The van der Waals surface area contributed by atoms with E-state index in [9.17, 15) is 0 Å². The molecular formula is C71H55N2-. The average Bonchev–Trinajstić information content (AvgIpc) is 3.48. The van der Waals surface area contributed by atoms with E-state index in [1.54, 1.807) is 0 Å². The van der Waals surface area contributed by atoms with Crippen LogP contribution in [0.2, 0.25) is 0 Å². The van der Waals surface area contributed by atoms with Gasteiger partial charge >= 0.3 is 0 Å². The van der Waals surface area contributed by atoms with Gasteiger partial charge in [0, 0.05) is 23.0 Å². The predicted molar refractivity (Wildman–Crippen MR) is 309 cm³/mol. The lowest BCUT2D eigenvalue weighted by molar-refractivity contribution is 0.405. The second-order valence-electron chi connectivity index (χ2n) is 19.1. The highest BCUT2D eigenvalue weighted by molar-refractivity contribution is 5.88. The monoisotopic (exact) mass is 935 g/mol. The molecule has 1 heterocycles. The first-order valence-corrected chi connectivity index (χ1v) is 25.6. The van der Waals surface area contributed by atoms with Crippen LogP contribution in [0.25, 0.3) is 77.4 Å². The van der Waals surface area contributed by atoms with Crippen molar-refractivity contribution in [3.05, 3.63) is 307 Å². The lowest BCUT2D eigenvalue weighted by atomic mass is 9.73. The fourth-order valence-corrected chi connectivity index (χ4v) is 11.0. The summed E-state index contributed by atoms with van der Waals surface area (Å²) in [5, 5.41) is 8.15. The predicted octanol–water partition coefficient (Wildman–Crippen LogP) is 19.9. The maximum absolute atomic E-state index is 5.55. The summed E-state index contributed by atoms with van der Waals surface area (Å²) >= 11 is 0. The lowest BCUT2D eigenvalue weighted by Gasteiger charge is -2.49. The molecule has 0 aliphatic carbocycles. The summed E-state index contributed by atoms with van der Waals surface area (Å²) in [6, 6.07) is 101. The van der Waals surface area contributed by atoms with E-state index >= 15 is 0 Å². The Morgan fingerprint density at radius 1 is 0.342 bits per heavy atom. The van der Waals surface area contributed by atoms with Crippen molar-refractivity contribution in [1.82, 2.24) is 0 Å². The van der Waals surface area contributed by atoms with Crippen LogP contribution >= 0.6 is 0 Å². The third-order valence-corrected chi connectivity index (χ3v) is 14.8. The second kappa shape index (κ2) is 20.4. The molecule has 0 aromatic heterocycles. The van der Waals surface area contributed by atoms with Crippen molar-refractivity contribution in [3.63, 3.8) is 0 Å². The van der Waals surface area contributed by atoms with Gasteiger partial charge in [0.05, 0.1) is 0 Å². The third-order valence-electron chi connectivity index (χ3n) is 14.8. The Labute approximate surface area is 430 Å². The van der Waals surface area contributed by atoms with Gasteiger partial charge in [-0.1, -0.05) is 262 Å². The molecule has 73 heavy (non-hydrogen) atoms. The fraction of sp³-hybridized carbons (Fsp3) is 0.0704. The number of benzene rings is 11. The number of allylic oxidation sites excluding steroid dienone is 1. The SMILES string of the molecule is CCC1C(c2cccc3ccccc23)C=C(c2ccc(-c3ccc(N(c4ccc(-c5cccc(-c6ccccc6)c5)cc4)c4ccc(-c5cccc(-c6ccccc6)c5)cc4)cc3)cc2)[N-]C1c1ccccc1. The molecule has 2 heteroatoms. The summed E-state index contributed by atoms with van der Waals surface area (Å²) in [5.74, 6) is 0.548. The van der Waals surface area contributed by atoms with E-state index < -0.39 is 0 Å². The van der Waals surface area contributed by atoms with Crippen LogP contribution < -0.4 is 4.90 Å². The molecule has 0 fully saturated rings. The highest BCUT2D eigenvalue weighted by Gasteiger charge is 2.29.